The third-order valence-corrected chi connectivity index (χ3v) is 9.73. The average Bonchev–Trinajstić information content (AvgIpc) is 3.02. The van der Waals surface area contributed by atoms with Gasteiger partial charge in [-0.15, -0.1) is 0 Å². The largest absolute Gasteiger partial charge is 0.354 e. The van der Waals surface area contributed by atoms with Gasteiger partial charge in [0.15, 0.2) is 0 Å². The number of carbonyl (C=O) groups excluding carboxylic acids is 2. The normalized spacial score (nSPS) is 12.1. The maximum atomic E-state index is 14.6. The molecule has 1 atom stereocenters. The second kappa shape index (κ2) is 15.4. The van der Waals surface area contributed by atoms with Crippen LogP contribution in [0.5, 0.6) is 0 Å². The summed E-state index contributed by atoms with van der Waals surface area (Å²) in [6.07, 6.45) is 0.241. The van der Waals surface area contributed by atoms with E-state index in [2.05, 4.69) is 5.32 Å². The first-order chi connectivity index (χ1) is 21.8. The lowest BCUT2D eigenvalue weighted by molar-refractivity contribution is -0.140. The van der Waals surface area contributed by atoms with Crippen LogP contribution in [0.25, 0.3) is 0 Å². The predicted molar refractivity (Wildman–Crippen MR) is 185 cm³/mol. The molecule has 0 aliphatic heterocycles. The molecule has 0 spiro atoms. The highest BCUT2D eigenvalue weighted by atomic mass is 35.5. The first kappa shape index (κ1) is 34.7. The summed E-state index contributed by atoms with van der Waals surface area (Å²) in [4.78, 5) is 30.1. The number of amides is 2. The third kappa shape index (κ3) is 8.98. The maximum Gasteiger partial charge on any atom is 0.264 e. The molecular formula is C37H42ClN3O4S. The first-order valence-corrected chi connectivity index (χ1v) is 17.2. The summed E-state index contributed by atoms with van der Waals surface area (Å²) >= 11 is 6.33. The zero-order valence-corrected chi connectivity index (χ0v) is 28.6. The zero-order chi connectivity index (χ0) is 33.4. The van der Waals surface area contributed by atoms with Gasteiger partial charge in [0.05, 0.1) is 10.6 Å². The number of hydrogen-bond acceptors (Lipinski definition) is 4. The van der Waals surface area contributed by atoms with E-state index in [4.69, 9.17) is 11.6 Å². The third-order valence-electron chi connectivity index (χ3n) is 7.72. The van der Waals surface area contributed by atoms with E-state index in [0.717, 1.165) is 22.3 Å². The highest BCUT2D eigenvalue weighted by Gasteiger charge is 2.35. The lowest BCUT2D eigenvalue weighted by Gasteiger charge is -2.34. The minimum absolute atomic E-state index is 0.0528. The van der Waals surface area contributed by atoms with E-state index in [9.17, 15) is 18.0 Å². The fourth-order valence-corrected chi connectivity index (χ4v) is 6.83. The van der Waals surface area contributed by atoms with Crippen LogP contribution in [-0.4, -0.2) is 44.3 Å². The Morgan fingerprint density at radius 1 is 0.804 bits per heavy atom. The molecular weight excluding hydrogens is 618 g/mol. The van der Waals surface area contributed by atoms with Crippen LogP contribution in [0.2, 0.25) is 5.02 Å². The number of benzene rings is 4. The molecule has 242 valence electrons. The van der Waals surface area contributed by atoms with Crippen molar-refractivity contribution in [3.63, 3.8) is 0 Å². The molecule has 7 nitrogen and oxygen atoms in total. The van der Waals surface area contributed by atoms with Gasteiger partial charge in [-0.25, -0.2) is 8.42 Å². The summed E-state index contributed by atoms with van der Waals surface area (Å²) in [6, 6.07) is 27.8. The Labute approximate surface area is 278 Å². The lowest BCUT2D eigenvalue weighted by Crippen LogP contribution is -2.53. The number of rotatable bonds is 13. The summed E-state index contributed by atoms with van der Waals surface area (Å²) in [5.41, 5.74) is 4.46. The molecule has 4 aromatic rings. The van der Waals surface area contributed by atoms with Crippen LogP contribution in [0.3, 0.4) is 0 Å². The number of nitrogens with one attached hydrogen (secondary N) is 1. The van der Waals surface area contributed by atoms with E-state index in [-0.39, 0.29) is 29.7 Å². The van der Waals surface area contributed by atoms with Gasteiger partial charge in [0, 0.05) is 24.5 Å². The van der Waals surface area contributed by atoms with Gasteiger partial charge >= 0.3 is 0 Å². The number of sulfonamides is 1. The molecule has 4 aromatic carbocycles. The van der Waals surface area contributed by atoms with Crippen LogP contribution >= 0.6 is 11.6 Å². The molecule has 0 heterocycles. The predicted octanol–water partition coefficient (Wildman–Crippen LogP) is 6.87. The van der Waals surface area contributed by atoms with Crippen molar-refractivity contribution in [2.24, 2.45) is 5.92 Å². The second-order valence-corrected chi connectivity index (χ2v) is 14.4. The van der Waals surface area contributed by atoms with Crippen LogP contribution in [0.4, 0.5) is 5.69 Å². The van der Waals surface area contributed by atoms with Crippen LogP contribution in [0.1, 0.15) is 41.7 Å². The van der Waals surface area contributed by atoms with Crippen LogP contribution in [0.15, 0.2) is 102 Å². The molecule has 0 aromatic heterocycles. The summed E-state index contributed by atoms with van der Waals surface area (Å²) in [5, 5.41) is 3.50. The standard InChI is InChI=1S/C37H42ClN3O4S/c1-26(2)23-39-37(43)35(22-30-10-7-6-8-11-30)40(24-31-12-9-13-32(38)21-31)36(42)25-41(34-20-28(4)14-17-29(34)5)46(44,45)33-18-15-27(3)16-19-33/h6-21,26,35H,22-25H2,1-5H3,(H,39,43)/t35-/m1/s1. The van der Waals surface area contributed by atoms with Crippen molar-refractivity contribution in [3.8, 4) is 0 Å². The van der Waals surface area contributed by atoms with Crippen molar-refractivity contribution in [2.45, 2.75) is 58.5 Å². The number of nitrogens with zero attached hydrogens (tertiary/aromatic N) is 2. The Morgan fingerprint density at radius 2 is 1.46 bits per heavy atom. The Kier molecular flexibility index (Phi) is 11.7. The summed E-state index contributed by atoms with van der Waals surface area (Å²) in [7, 11) is -4.18. The molecule has 4 rings (SSSR count). The van der Waals surface area contributed by atoms with Gasteiger partial charge in [0.25, 0.3) is 10.0 Å². The summed E-state index contributed by atoms with van der Waals surface area (Å²) < 4.78 is 29.8. The van der Waals surface area contributed by atoms with Gasteiger partial charge in [0.2, 0.25) is 11.8 Å². The topological polar surface area (TPSA) is 86.8 Å². The minimum Gasteiger partial charge on any atom is -0.354 e. The molecule has 9 heteroatoms. The van der Waals surface area contributed by atoms with Crippen molar-refractivity contribution in [1.29, 1.82) is 0 Å². The second-order valence-electron chi connectivity index (χ2n) is 12.1. The quantitative estimate of drug-likeness (QED) is 0.170. The number of aryl methyl sites for hydroxylation is 3. The van der Waals surface area contributed by atoms with Gasteiger partial charge in [-0.2, -0.15) is 0 Å². The van der Waals surface area contributed by atoms with E-state index in [1.54, 1.807) is 48.5 Å². The van der Waals surface area contributed by atoms with Gasteiger partial charge in [-0.1, -0.05) is 97.7 Å². The number of hydrogen-bond donors (Lipinski definition) is 1. The Bertz CT molecular complexity index is 1760. The Hall–Kier alpha value is -4.14. The molecule has 0 saturated carbocycles. The average molecular weight is 660 g/mol. The molecule has 0 fully saturated rings. The molecule has 0 bridgehead atoms. The summed E-state index contributed by atoms with van der Waals surface area (Å²) in [6.45, 7) is 9.55. The molecule has 0 radical (unpaired) electrons. The van der Waals surface area contributed by atoms with E-state index in [1.165, 1.54) is 9.21 Å². The zero-order valence-electron chi connectivity index (χ0n) is 27.0. The van der Waals surface area contributed by atoms with Gasteiger partial charge in [-0.05, 0) is 79.3 Å². The van der Waals surface area contributed by atoms with Gasteiger partial charge in [-0.3, -0.25) is 13.9 Å². The molecule has 0 aliphatic carbocycles. The molecule has 46 heavy (non-hydrogen) atoms. The number of carbonyl (C=O) groups is 2. The van der Waals surface area contributed by atoms with E-state index >= 15 is 0 Å². The van der Waals surface area contributed by atoms with E-state index in [1.807, 2.05) is 83.1 Å². The molecule has 0 aliphatic rings. The monoisotopic (exact) mass is 659 g/mol. The summed E-state index contributed by atoms with van der Waals surface area (Å²) in [5.74, 6) is -0.636. The molecule has 0 unspecified atom stereocenters. The van der Waals surface area contributed by atoms with Crippen LogP contribution < -0.4 is 9.62 Å². The van der Waals surface area contributed by atoms with Crippen LogP contribution in [-0.2, 0) is 32.6 Å². The fraction of sp³-hybridized carbons (Fsp3) is 0.297. The van der Waals surface area contributed by atoms with Crippen molar-refractivity contribution in [1.82, 2.24) is 10.2 Å². The van der Waals surface area contributed by atoms with Gasteiger partial charge < -0.3 is 10.2 Å². The van der Waals surface area contributed by atoms with E-state index < -0.39 is 28.5 Å². The van der Waals surface area contributed by atoms with Crippen molar-refractivity contribution in [2.75, 3.05) is 17.4 Å². The SMILES string of the molecule is Cc1ccc(S(=O)(=O)N(CC(=O)N(Cc2cccc(Cl)c2)[C@H](Cc2ccccc2)C(=O)NCC(C)C)c2cc(C)ccc2C)cc1. The number of halogens is 1. The number of anilines is 1. The van der Waals surface area contributed by atoms with Crippen LogP contribution in [0, 0.1) is 26.7 Å². The molecule has 0 saturated heterocycles. The maximum absolute atomic E-state index is 14.6. The Balaban J connectivity index is 1.83. The lowest BCUT2D eigenvalue weighted by atomic mass is 10.0. The van der Waals surface area contributed by atoms with E-state index in [0.29, 0.717) is 22.8 Å². The highest BCUT2D eigenvalue weighted by Crippen LogP contribution is 2.29. The highest BCUT2D eigenvalue weighted by molar-refractivity contribution is 7.92. The fourth-order valence-electron chi connectivity index (χ4n) is 5.15. The smallest absolute Gasteiger partial charge is 0.264 e. The first-order valence-electron chi connectivity index (χ1n) is 15.4. The molecule has 2 amide bonds. The van der Waals surface area contributed by atoms with Crippen molar-refractivity contribution in [3.05, 3.63) is 130 Å². The van der Waals surface area contributed by atoms with Crippen molar-refractivity contribution >= 4 is 39.1 Å². The van der Waals surface area contributed by atoms with Crippen molar-refractivity contribution < 1.29 is 18.0 Å². The molecule has 1 N–H and O–H groups in total. The minimum atomic E-state index is -4.18. The Morgan fingerprint density at radius 3 is 2.11 bits per heavy atom. The van der Waals surface area contributed by atoms with Gasteiger partial charge in [0.1, 0.15) is 12.6 Å².